The molecule has 0 aliphatic heterocycles. The first-order valence-corrected chi connectivity index (χ1v) is 10.7. The molecule has 0 saturated carbocycles. The van der Waals surface area contributed by atoms with E-state index in [-0.39, 0.29) is 23.8 Å². The van der Waals surface area contributed by atoms with Crippen LogP contribution in [0.5, 0.6) is 0 Å². The Morgan fingerprint density at radius 2 is 1.89 bits per heavy atom. The standard InChI is InChI=1S/C24H19F3N6O2/c1-2-35-14-32-13-18(12-28-32)29-23(34)20-11-22-30-19(10-21(24(25,26)27)33(22)31-20)17-8-7-15-5-3-4-6-16(15)9-17/h3-13H,2,14H2,1H3,(H,29,34). The molecule has 0 saturated heterocycles. The molecule has 2 aromatic carbocycles. The van der Waals surface area contributed by atoms with Crippen molar-refractivity contribution in [3.05, 3.63) is 78.4 Å². The summed E-state index contributed by atoms with van der Waals surface area (Å²) in [6.45, 7) is 2.54. The number of carbonyl (C=O) groups excluding carboxylic acids is 1. The molecular formula is C24H19F3N6O2. The third-order valence-electron chi connectivity index (χ3n) is 5.31. The number of ether oxygens (including phenoxy) is 1. The lowest BCUT2D eigenvalue weighted by molar-refractivity contribution is -0.142. The van der Waals surface area contributed by atoms with Gasteiger partial charge in [0.15, 0.2) is 17.0 Å². The molecular weight excluding hydrogens is 461 g/mol. The maximum atomic E-state index is 13.9. The van der Waals surface area contributed by atoms with Crippen LogP contribution in [0, 0.1) is 0 Å². The van der Waals surface area contributed by atoms with Crippen LogP contribution in [0.15, 0.2) is 67.0 Å². The van der Waals surface area contributed by atoms with Gasteiger partial charge in [-0.1, -0.05) is 36.4 Å². The number of carbonyl (C=O) groups is 1. The first kappa shape index (κ1) is 22.5. The third kappa shape index (κ3) is 4.58. The van der Waals surface area contributed by atoms with Gasteiger partial charge in [0.1, 0.15) is 6.73 Å². The summed E-state index contributed by atoms with van der Waals surface area (Å²) in [7, 11) is 0. The summed E-state index contributed by atoms with van der Waals surface area (Å²) in [5.74, 6) is -0.688. The molecule has 0 aliphatic rings. The maximum absolute atomic E-state index is 13.9. The third-order valence-corrected chi connectivity index (χ3v) is 5.31. The lowest BCUT2D eigenvalue weighted by Gasteiger charge is -2.11. The molecule has 11 heteroatoms. The number of anilines is 1. The molecule has 35 heavy (non-hydrogen) atoms. The molecule has 1 N–H and O–H groups in total. The highest BCUT2D eigenvalue weighted by Crippen LogP contribution is 2.33. The van der Waals surface area contributed by atoms with E-state index in [1.54, 1.807) is 18.3 Å². The van der Waals surface area contributed by atoms with Gasteiger partial charge in [0, 0.05) is 18.2 Å². The largest absolute Gasteiger partial charge is 0.433 e. The van der Waals surface area contributed by atoms with Crippen LogP contribution in [-0.4, -0.2) is 36.9 Å². The van der Waals surface area contributed by atoms with Gasteiger partial charge in [0.05, 0.1) is 23.8 Å². The van der Waals surface area contributed by atoms with Gasteiger partial charge in [-0.15, -0.1) is 0 Å². The summed E-state index contributed by atoms with van der Waals surface area (Å²) < 4.78 is 49.1. The zero-order valence-electron chi connectivity index (χ0n) is 18.5. The van der Waals surface area contributed by atoms with Crippen molar-refractivity contribution in [3.8, 4) is 11.3 Å². The fourth-order valence-corrected chi connectivity index (χ4v) is 3.66. The summed E-state index contributed by atoms with van der Waals surface area (Å²) in [5.41, 5.74) is -0.344. The average Bonchev–Trinajstić information content (AvgIpc) is 3.48. The fraction of sp³-hybridized carbons (Fsp3) is 0.167. The lowest BCUT2D eigenvalue weighted by Crippen LogP contribution is -2.15. The Hall–Kier alpha value is -4.25. The van der Waals surface area contributed by atoms with Crippen LogP contribution in [-0.2, 0) is 17.6 Å². The molecule has 0 spiro atoms. The molecule has 0 aliphatic carbocycles. The first-order chi connectivity index (χ1) is 16.8. The van der Waals surface area contributed by atoms with Crippen LogP contribution in [0.25, 0.3) is 27.7 Å². The van der Waals surface area contributed by atoms with Crippen molar-refractivity contribution in [1.29, 1.82) is 0 Å². The monoisotopic (exact) mass is 480 g/mol. The molecule has 0 radical (unpaired) electrons. The second-order valence-corrected chi connectivity index (χ2v) is 7.73. The summed E-state index contributed by atoms with van der Waals surface area (Å²) in [4.78, 5) is 17.1. The first-order valence-electron chi connectivity index (χ1n) is 10.7. The number of halogens is 3. The summed E-state index contributed by atoms with van der Waals surface area (Å²) in [6.07, 6.45) is -1.77. The second-order valence-electron chi connectivity index (χ2n) is 7.73. The number of amides is 1. The Balaban J connectivity index is 1.51. The molecule has 0 bridgehead atoms. The molecule has 0 atom stereocenters. The van der Waals surface area contributed by atoms with E-state index in [4.69, 9.17) is 4.74 Å². The topological polar surface area (TPSA) is 86.3 Å². The molecule has 3 heterocycles. The van der Waals surface area contributed by atoms with E-state index in [1.807, 2.05) is 37.3 Å². The van der Waals surface area contributed by atoms with Crippen LogP contribution in [0.3, 0.4) is 0 Å². The van der Waals surface area contributed by atoms with Crippen molar-refractivity contribution < 1.29 is 22.7 Å². The average molecular weight is 480 g/mol. The van der Waals surface area contributed by atoms with Gasteiger partial charge in [-0.25, -0.2) is 14.2 Å². The molecule has 178 valence electrons. The van der Waals surface area contributed by atoms with E-state index in [9.17, 15) is 18.0 Å². The Morgan fingerprint density at radius 1 is 1.09 bits per heavy atom. The van der Waals surface area contributed by atoms with E-state index < -0.39 is 17.8 Å². The van der Waals surface area contributed by atoms with Gasteiger partial charge in [0.2, 0.25) is 0 Å². The van der Waals surface area contributed by atoms with Crippen molar-refractivity contribution in [3.63, 3.8) is 0 Å². The Morgan fingerprint density at radius 3 is 2.66 bits per heavy atom. The summed E-state index contributed by atoms with van der Waals surface area (Å²) in [6, 6.07) is 15.0. The number of fused-ring (bicyclic) bond motifs is 2. The SMILES string of the molecule is CCOCn1cc(NC(=O)c2cc3nc(-c4ccc5ccccc5c4)cc(C(F)(F)F)n3n2)cn1. The second kappa shape index (κ2) is 8.84. The Bertz CT molecular complexity index is 1540. The minimum Gasteiger partial charge on any atom is -0.360 e. The molecule has 0 fully saturated rings. The highest BCUT2D eigenvalue weighted by molar-refractivity contribution is 6.03. The van der Waals surface area contributed by atoms with Crippen molar-refractivity contribution in [2.45, 2.75) is 19.8 Å². The van der Waals surface area contributed by atoms with Crippen molar-refractivity contribution in [2.75, 3.05) is 11.9 Å². The van der Waals surface area contributed by atoms with Gasteiger partial charge in [-0.2, -0.15) is 23.4 Å². The summed E-state index contributed by atoms with van der Waals surface area (Å²) >= 11 is 0. The summed E-state index contributed by atoms with van der Waals surface area (Å²) in [5, 5.41) is 12.3. The van der Waals surface area contributed by atoms with Crippen LogP contribution >= 0.6 is 0 Å². The quantitative estimate of drug-likeness (QED) is 0.369. The van der Waals surface area contributed by atoms with Gasteiger partial charge >= 0.3 is 6.18 Å². The van der Waals surface area contributed by atoms with Gasteiger partial charge in [-0.3, -0.25) is 4.79 Å². The predicted octanol–water partition coefficient (Wildman–Crippen LogP) is 5.01. The van der Waals surface area contributed by atoms with Crippen molar-refractivity contribution in [1.82, 2.24) is 24.4 Å². The molecule has 1 amide bonds. The number of nitrogens with one attached hydrogen (secondary N) is 1. The van der Waals surface area contributed by atoms with Gasteiger partial charge < -0.3 is 10.1 Å². The van der Waals surface area contributed by atoms with E-state index >= 15 is 0 Å². The predicted molar refractivity (Wildman–Crippen MR) is 123 cm³/mol. The molecule has 3 aromatic heterocycles. The maximum Gasteiger partial charge on any atom is 0.433 e. The number of hydrogen-bond donors (Lipinski definition) is 1. The zero-order valence-corrected chi connectivity index (χ0v) is 18.5. The smallest absolute Gasteiger partial charge is 0.360 e. The molecule has 5 rings (SSSR count). The Labute approximate surface area is 197 Å². The van der Waals surface area contributed by atoms with Crippen molar-refractivity contribution in [2.24, 2.45) is 0 Å². The van der Waals surface area contributed by atoms with Gasteiger partial charge in [0.25, 0.3) is 5.91 Å². The van der Waals surface area contributed by atoms with Crippen LogP contribution < -0.4 is 5.32 Å². The van der Waals surface area contributed by atoms with Crippen LogP contribution in [0.2, 0.25) is 0 Å². The van der Waals surface area contributed by atoms with E-state index in [1.165, 1.54) is 16.9 Å². The highest BCUT2D eigenvalue weighted by atomic mass is 19.4. The highest BCUT2D eigenvalue weighted by Gasteiger charge is 2.35. The van der Waals surface area contributed by atoms with Crippen LogP contribution in [0.1, 0.15) is 23.1 Å². The Kier molecular flexibility index (Phi) is 5.69. The van der Waals surface area contributed by atoms with E-state index in [0.717, 1.165) is 16.8 Å². The molecule has 5 aromatic rings. The van der Waals surface area contributed by atoms with E-state index in [2.05, 4.69) is 20.5 Å². The van der Waals surface area contributed by atoms with Crippen molar-refractivity contribution >= 4 is 28.0 Å². The number of nitrogens with zero attached hydrogens (tertiary/aromatic N) is 5. The number of rotatable bonds is 6. The minimum atomic E-state index is -4.72. The number of aromatic nitrogens is 5. The van der Waals surface area contributed by atoms with Gasteiger partial charge in [-0.05, 0) is 29.8 Å². The minimum absolute atomic E-state index is 0.0971. The van der Waals surface area contributed by atoms with E-state index in [0.29, 0.717) is 22.4 Å². The number of alkyl halides is 3. The number of benzene rings is 2. The normalized spacial score (nSPS) is 11.9. The number of hydrogen-bond acceptors (Lipinski definition) is 5. The molecule has 8 nitrogen and oxygen atoms in total. The lowest BCUT2D eigenvalue weighted by atomic mass is 10.0. The van der Waals surface area contributed by atoms with Crippen LogP contribution in [0.4, 0.5) is 18.9 Å². The fourth-order valence-electron chi connectivity index (χ4n) is 3.66. The zero-order chi connectivity index (χ0) is 24.6. The molecule has 0 unspecified atom stereocenters.